The van der Waals surface area contributed by atoms with Crippen LogP contribution in [0.15, 0.2) is 48.5 Å². The molecule has 5 nitrogen and oxygen atoms in total. The standard InChI is InChI=1S/C16H16N4OS/c1-20(2)12-9-7-11(8-10-12)17-15(21)19-16-18-13-5-3-4-6-14(13)22-16/h3-10H,1-2H3,(H2,17,18,19,21). The van der Waals surface area contributed by atoms with Crippen LogP contribution in [0.3, 0.4) is 0 Å². The van der Waals surface area contributed by atoms with Gasteiger partial charge in [-0.05, 0) is 36.4 Å². The number of aromatic nitrogens is 1. The highest BCUT2D eigenvalue weighted by molar-refractivity contribution is 7.22. The molecule has 0 saturated carbocycles. The van der Waals surface area contributed by atoms with Crippen LogP contribution < -0.4 is 15.5 Å². The molecule has 0 aliphatic heterocycles. The molecule has 1 aromatic heterocycles. The van der Waals surface area contributed by atoms with Gasteiger partial charge >= 0.3 is 6.03 Å². The number of carbonyl (C=O) groups is 1. The van der Waals surface area contributed by atoms with Gasteiger partial charge in [0.15, 0.2) is 5.13 Å². The van der Waals surface area contributed by atoms with Gasteiger partial charge in [0, 0.05) is 25.5 Å². The van der Waals surface area contributed by atoms with Crippen LogP contribution in [0.1, 0.15) is 0 Å². The van der Waals surface area contributed by atoms with Crippen molar-refractivity contribution < 1.29 is 4.79 Å². The van der Waals surface area contributed by atoms with E-state index in [9.17, 15) is 4.79 Å². The van der Waals surface area contributed by atoms with E-state index >= 15 is 0 Å². The van der Waals surface area contributed by atoms with Gasteiger partial charge in [-0.3, -0.25) is 5.32 Å². The van der Waals surface area contributed by atoms with Crippen molar-refractivity contribution in [3.05, 3.63) is 48.5 Å². The fourth-order valence-corrected chi connectivity index (χ4v) is 2.89. The van der Waals surface area contributed by atoms with Crippen LogP contribution in [-0.4, -0.2) is 25.1 Å². The van der Waals surface area contributed by atoms with E-state index in [1.54, 1.807) is 0 Å². The Balaban J connectivity index is 1.66. The van der Waals surface area contributed by atoms with Crippen molar-refractivity contribution >= 4 is 44.1 Å². The maximum Gasteiger partial charge on any atom is 0.325 e. The largest absolute Gasteiger partial charge is 0.378 e. The number of carbonyl (C=O) groups excluding carboxylic acids is 1. The minimum absolute atomic E-state index is 0.295. The van der Waals surface area contributed by atoms with Gasteiger partial charge in [-0.1, -0.05) is 23.5 Å². The fourth-order valence-electron chi connectivity index (χ4n) is 2.03. The Bertz CT molecular complexity index is 762. The molecule has 3 rings (SSSR count). The number of hydrogen-bond acceptors (Lipinski definition) is 4. The number of para-hydroxylation sites is 1. The molecule has 0 spiro atoms. The van der Waals surface area contributed by atoms with Crippen LogP contribution in [0.2, 0.25) is 0 Å². The predicted molar refractivity (Wildman–Crippen MR) is 93.0 cm³/mol. The van der Waals surface area contributed by atoms with E-state index in [2.05, 4.69) is 15.6 Å². The molecule has 2 amide bonds. The first-order valence-corrected chi connectivity index (χ1v) is 7.64. The smallest absolute Gasteiger partial charge is 0.325 e. The average Bonchev–Trinajstić information content (AvgIpc) is 2.89. The number of anilines is 3. The van der Waals surface area contributed by atoms with E-state index in [-0.39, 0.29) is 6.03 Å². The second-order valence-corrected chi connectivity index (χ2v) is 6.04. The summed E-state index contributed by atoms with van der Waals surface area (Å²) in [6.07, 6.45) is 0. The summed E-state index contributed by atoms with van der Waals surface area (Å²) in [5.41, 5.74) is 2.71. The second kappa shape index (κ2) is 6.03. The second-order valence-electron chi connectivity index (χ2n) is 5.01. The van der Waals surface area contributed by atoms with Gasteiger partial charge in [0.1, 0.15) is 0 Å². The first kappa shape index (κ1) is 14.3. The van der Waals surface area contributed by atoms with Crippen molar-refractivity contribution in [2.24, 2.45) is 0 Å². The summed E-state index contributed by atoms with van der Waals surface area (Å²) in [5.74, 6) is 0. The third-order valence-electron chi connectivity index (χ3n) is 3.16. The number of amides is 2. The number of benzene rings is 2. The lowest BCUT2D eigenvalue weighted by Gasteiger charge is -2.13. The van der Waals surface area contributed by atoms with Crippen LogP contribution in [0.25, 0.3) is 10.2 Å². The molecule has 0 unspecified atom stereocenters. The Morgan fingerprint density at radius 3 is 2.45 bits per heavy atom. The predicted octanol–water partition coefficient (Wildman–Crippen LogP) is 4.01. The molecule has 0 radical (unpaired) electrons. The Kier molecular flexibility index (Phi) is 3.93. The topological polar surface area (TPSA) is 57.3 Å². The molecular weight excluding hydrogens is 296 g/mol. The number of nitrogens with one attached hydrogen (secondary N) is 2. The molecule has 2 N–H and O–H groups in total. The van der Waals surface area contributed by atoms with E-state index < -0.39 is 0 Å². The summed E-state index contributed by atoms with van der Waals surface area (Å²) in [6.45, 7) is 0. The van der Waals surface area contributed by atoms with Gasteiger partial charge in [-0.25, -0.2) is 9.78 Å². The van der Waals surface area contributed by atoms with Crippen LogP contribution >= 0.6 is 11.3 Å². The molecule has 0 saturated heterocycles. The maximum absolute atomic E-state index is 12.0. The van der Waals surface area contributed by atoms with E-state index in [0.717, 1.165) is 21.6 Å². The van der Waals surface area contributed by atoms with E-state index in [0.29, 0.717) is 5.13 Å². The highest BCUT2D eigenvalue weighted by Gasteiger charge is 2.07. The molecular formula is C16H16N4OS. The van der Waals surface area contributed by atoms with Crippen molar-refractivity contribution in [1.29, 1.82) is 0 Å². The number of thiazole rings is 1. The van der Waals surface area contributed by atoms with Gasteiger partial charge in [-0.2, -0.15) is 0 Å². The molecule has 0 aliphatic carbocycles. The summed E-state index contributed by atoms with van der Waals surface area (Å²) in [4.78, 5) is 18.4. The SMILES string of the molecule is CN(C)c1ccc(NC(=O)Nc2nc3ccccc3s2)cc1. The Morgan fingerprint density at radius 1 is 1.05 bits per heavy atom. The lowest BCUT2D eigenvalue weighted by atomic mass is 10.2. The van der Waals surface area contributed by atoms with Gasteiger partial charge in [0.05, 0.1) is 10.2 Å². The molecule has 0 fully saturated rings. The lowest BCUT2D eigenvalue weighted by molar-refractivity contribution is 0.262. The summed E-state index contributed by atoms with van der Waals surface area (Å²) in [7, 11) is 3.95. The van der Waals surface area contributed by atoms with E-state index in [1.807, 2.05) is 67.5 Å². The minimum atomic E-state index is -0.295. The average molecular weight is 312 g/mol. The van der Waals surface area contributed by atoms with E-state index in [1.165, 1.54) is 11.3 Å². The summed E-state index contributed by atoms with van der Waals surface area (Å²) in [6, 6.07) is 15.1. The first-order chi connectivity index (χ1) is 10.6. The van der Waals surface area contributed by atoms with Crippen molar-refractivity contribution in [3.8, 4) is 0 Å². The molecule has 1 heterocycles. The normalized spacial score (nSPS) is 10.5. The van der Waals surface area contributed by atoms with E-state index in [4.69, 9.17) is 0 Å². The van der Waals surface area contributed by atoms with Crippen LogP contribution in [0.5, 0.6) is 0 Å². The fraction of sp³-hybridized carbons (Fsp3) is 0.125. The molecule has 0 aliphatic rings. The van der Waals surface area contributed by atoms with Gasteiger partial charge in [0.25, 0.3) is 0 Å². The zero-order valence-electron chi connectivity index (χ0n) is 12.3. The molecule has 22 heavy (non-hydrogen) atoms. The Hall–Kier alpha value is -2.60. The van der Waals surface area contributed by atoms with Crippen molar-refractivity contribution in [3.63, 3.8) is 0 Å². The molecule has 2 aromatic carbocycles. The summed E-state index contributed by atoms with van der Waals surface area (Å²) in [5, 5.41) is 6.15. The van der Waals surface area contributed by atoms with Crippen LogP contribution in [0, 0.1) is 0 Å². The third kappa shape index (κ3) is 3.17. The van der Waals surface area contributed by atoms with Crippen LogP contribution in [0.4, 0.5) is 21.3 Å². The number of fused-ring (bicyclic) bond motifs is 1. The molecule has 0 atom stereocenters. The van der Waals surface area contributed by atoms with Gasteiger partial charge in [0.2, 0.25) is 0 Å². The monoisotopic (exact) mass is 312 g/mol. The Labute approximate surface area is 132 Å². The first-order valence-electron chi connectivity index (χ1n) is 6.83. The number of urea groups is 1. The zero-order valence-corrected chi connectivity index (χ0v) is 13.1. The number of rotatable bonds is 3. The number of hydrogen-bond donors (Lipinski definition) is 2. The summed E-state index contributed by atoms with van der Waals surface area (Å²) < 4.78 is 1.05. The minimum Gasteiger partial charge on any atom is -0.378 e. The quantitative estimate of drug-likeness (QED) is 0.768. The van der Waals surface area contributed by atoms with Crippen LogP contribution in [-0.2, 0) is 0 Å². The Morgan fingerprint density at radius 2 is 1.77 bits per heavy atom. The van der Waals surface area contributed by atoms with Crippen molar-refractivity contribution in [2.75, 3.05) is 29.6 Å². The van der Waals surface area contributed by atoms with Crippen molar-refractivity contribution in [1.82, 2.24) is 4.98 Å². The molecule has 3 aromatic rings. The van der Waals surface area contributed by atoms with Crippen molar-refractivity contribution in [2.45, 2.75) is 0 Å². The molecule has 0 bridgehead atoms. The van der Waals surface area contributed by atoms with Gasteiger partial charge in [-0.15, -0.1) is 0 Å². The molecule has 6 heteroatoms. The zero-order chi connectivity index (χ0) is 15.5. The maximum atomic E-state index is 12.0. The lowest BCUT2D eigenvalue weighted by Crippen LogP contribution is -2.19. The highest BCUT2D eigenvalue weighted by Crippen LogP contribution is 2.25. The van der Waals surface area contributed by atoms with Gasteiger partial charge < -0.3 is 10.2 Å². The number of nitrogens with zero attached hydrogens (tertiary/aromatic N) is 2. The summed E-state index contributed by atoms with van der Waals surface area (Å²) >= 11 is 1.45. The third-order valence-corrected chi connectivity index (χ3v) is 4.11. The highest BCUT2D eigenvalue weighted by atomic mass is 32.1. The molecule has 112 valence electrons.